The molecule has 1 aromatic heterocycles. The molecule has 0 spiro atoms. The first kappa shape index (κ1) is 9.65. The van der Waals surface area contributed by atoms with Gasteiger partial charge in [-0.1, -0.05) is 30.3 Å². The number of benzene rings is 1. The van der Waals surface area contributed by atoms with E-state index in [0.29, 0.717) is 6.42 Å². The van der Waals surface area contributed by atoms with Crippen molar-refractivity contribution in [2.75, 3.05) is 0 Å². The zero-order valence-electron chi connectivity index (χ0n) is 8.55. The van der Waals surface area contributed by atoms with Crippen molar-refractivity contribution in [2.45, 2.75) is 6.42 Å². The van der Waals surface area contributed by atoms with Gasteiger partial charge in [-0.15, -0.1) is 0 Å². The SMILES string of the molecule is Cn1cc(-c2ccccc2)nc1CC=O. The van der Waals surface area contributed by atoms with E-state index in [4.69, 9.17) is 0 Å². The summed E-state index contributed by atoms with van der Waals surface area (Å²) >= 11 is 0. The Bertz CT molecular complexity index is 460. The highest BCUT2D eigenvalue weighted by Gasteiger charge is 2.05. The van der Waals surface area contributed by atoms with Crippen LogP contribution in [0.1, 0.15) is 5.82 Å². The molecule has 0 atom stereocenters. The van der Waals surface area contributed by atoms with Crippen molar-refractivity contribution in [3.63, 3.8) is 0 Å². The van der Waals surface area contributed by atoms with Gasteiger partial charge >= 0.3 is 0 Å². The number of imidazole rings is 1. The van der Waals surface area contributed by atoms with Crippen LogP contribution in [-0.2, 0) is 18.3 Å². The molecule has 0 saturated carbocycles. The molecule has 0 radical (unpaired) electrons. The molecule has 1 aromatic carbocycles. The number of aryl methyl sites for hydroxylation is 1. The van der Waals surface area contributed by atoms with E-state index in [2.05, 4.69) is 4.98 Å². The Hall–Kier alpha value is -1.90. The first-order valence-corrected chi connectivity index (χ1v) is 4.82. The van der Waals surface area contributed by atoms with E-state index < -0.39 is 0 Å². The summed E-state index contributed by atoms with van der Waals surface area (Å²) in [5, 5.41) is 0. The number of hydrogen-bond donors (Lipinski definition) is 0. The standard InChI is InChI=1S/C12H12N2O/c1-14-9-11(13-12(14)7-8-15)10-5-3-2-4-6-10/h2-6,8-9H,7H2,1H3. The van der Waals surface area contributed by atoms with Gasteiger partial charge in [-0.05, 0) is 0 Å². The third-order valence-corrected chi connectivity index (χ3v) is 2.31. The van der Waals surface area contributed by atoms with Gasteiger partial charge in [-0.2, -0.15) is 0 Å². The summed E-state index contributed by atoms with van der Waals surface area (Å²) in [6.07, 6.45) is 3.18. The van der Waals surface area contributed by atoms with Crippen LogP contribution in [0.15, 0.2) is 36.5 Å². The first-order valence-electron chi connectivity index (χ1n) is 4.82. The van der Waals surface area contributed by atoms with Gasteiger partial charge in [0.2, 0.25) is 0 Å². The van der Waals surface area contributed by atoms with E-state index in [1.54, 1.807) is 0 Å². The zero-order chi connectivity index (χ0) is 10.7. The molecule has 15 heavy (non-hydrogen) atoms. The van der Waals surface area contributed by atoms with Crippen molar-refractivity contribution in [1.29, 1.82) is 0 Å². The van der Waals surface area contributed by atoms with Gasteiger partial charge in [0.25, 0.3) is 0 Å². The van der Waals surface area contributed by atoms with Crippen molar-refractivity contribution < 1.29 is 4.79 Å². The summed E-state index contributed by atoms with van der Waals surface area (Å²) < 4.78 is 1.89. The molecule has 0 unspecified atom stereocenters. The number of aromatic nitrogens is 2. The summed E-state index contributed by atoms with van der Waals surface area (Å²) in [7, 11) is 1.90. The summed E-state index contributed by atoms with van der Waals surface area (Å²) in [5.41, 5.74) is 1.99. The number of carbonyl (C=O) groups excluding carboxylic acids is 1. The lowest BCUT2D eigenvalue weighted by Crippen LogP contribution is -1.96. The van der Waals surface area contributed by atoms with Crippen LogP contribution >= 0.6 is 0 Å². The highest BCUT2D eigenvalue weighted by Crippen LogP contribution is 2.17. The van der Waals surface area contributed by atoms with Crippen molar-refractivity contribution >= 4 is 6.29 Å². The Morgan fingerprint density at radius 2 is 2.07 bits per heavy atom. The molecule has 1 heterocycles. The molecule has 0 amide bonds. The predicted molar refractivity (Wildman–Crippen MR) is 58.4 cm³/mol. The molecule has 0 aliphatic rings. The fourth-order valence-corrected chi connectivity index (χ4v) is 1.52. The Balaban J connectivity index is 2.38. The van der Waals surface area contributed by atoms with Crippen molar-refractivity contribution in [3.05, 3.63) is 42.4 Å². The molecule has 3 heteroatoms. The monoisotopic (exact) mass is 200 g/mol. The number of nitrogens with zero attached hydrogens (tertiary/aromatic N) is 2. The van der Waals surface area contributed by atoms with Crippen LogP contribution in [-0.4, -0.2) is 15.8 Å². The van der Waals surface area contributed by atoms with Crippen LogP contribution in [0.5, 0.6) is 0 Å². The van der Waals surface area contributed by atoms with Gasteiger partial charge in [0, 0.05) is 18.8 Å². The van der Waals surface area contributed by atoms with E-state index in [1.807, 2.05) is 48.1 Å². The normalized spacial score (nSPS) is 10.2. The summed E-state index contributed by atoms with van der Waals surface area (Å²) in [4.78, 5) is 14.8. The molecule has 2 rings (SSSR count). The van der Waals surface area contributed by atoms with E-state index in [0.717, 1.165) is 23.4 Å². The number of rotatable bonds is 3. The Morgan fingerprint density at radius 3 is 2.73 bits per heavy atom. The van der Waals surface area contributed by atoms with Gasteiger partial charge in [0.05, 0.1) is 12.1 Å². The van der Waals surface area contributed by atoms with Crippen LogP contribution in [0.2, 0.25) is 0 Å². The number of aldehydes is 1. The molecule has 0 N–H and O–H groups in total. The highest BCUT2D eigenvalue weighted by molar-refractivity contribution is 5.60. The minimum absolute atomic E-state index is 0.364. The second-order valence-corrected chi connectivity index (χ2v) is 3.39. The molecule has 3 nitrogen and oxygen atoms in total. The lowest BCUT2D eigenvalue weighted by molar-refractivity contribution is -0.107. The molecule has 0 fully saturated rings. The van der Waals surface area contributed by atoms with E-state index >= 15 is 0 Å². The quantitative estimate of drug-likeness (QED) is 0.708. The van der Waals surface area contributed by atoms with Crippen LogP contribution in [0.3, 0.4) is 0 Å². The number of carbonyl (C=O) groups is 1. The maximum Gasteiger partial charge on any atom is 0.127 e. The second-order valence-electron chi connectivity index (χ2n) is 3.39. The molecular formula is C12H12N2O. The minimum atomic E-state index is 0.364. The van der Waals surface area contributed by atoms with E-state index in [9.17, 15) is 4.79 Å². The lowest BCUT2D eigenvalue weighted by Gasteiger charge is -1.92. The molecule has 76 valence electrons. The lowest BCUT2D eigenvalue weighted by atomic mass is 10.2. The van der Waals surface area contributed by atoms with Crippen LogP contribution in [0.4, 0.5) is 0 Å². The molecule has 0 saturated heterocycles. The van der Waals surface area contributed by atoms with Crippen molar-refractivity contribution in [3.8, 4) is 11.3 Å². The van der Waals surface area contributed by atoms with Gasteiger partial charge in [0.1, 0.15) is 12.1 Å². The van der Waals surface area contributed by atoms with Crippen molar-refractivity contribution in [1.82, 2.24) is 9.55 Å². The Morgan fingerprint density at radius 1 is 1.33 bits per heavy atom. The van der Waals surface area contributed by atoms with Crippen molar-refractivity contribution in [2.24, 2.45) is 7.05 Å². The fourth-order valence-electron chi connectivity index (χ4n) is 1.52. The van der Waals surface area contributed by atoms with Gasteiger partial charge < -0.3 is 9.36 Å². The zero-order valence-corrected chi connectivity index (χ0v) is 8.55. The highest BCUT2D eigenvalue weighted by atomic mass is 16.1. The van der Waals surface area contributed by atoms with E-state index in [1.165, 1.54) is 0 Å². The minimum Gasteiger partial charge on any atom is -0.337 e. The average molecular weight is 200 g/mol. The predicted octanol–water partition coefficient (Wildman–Crippen LogP) is 1.83. The largest absolute Gasteiger partial charge is 0.337 e. The molecule has 0 bridgehead atoms. The third kappa shape index (κ3) is 1.96. The van der Waals surface area contributed by atoms with Gasteiger partial charge in [-0.25, -0.2) is 4.98 Å². The summed E-state index contributed by atoms with van der Waals surface area (Å²) in [6.45, 7) is 0. The topological polar surface area (TPSA) is 34.9 Å². The summed E-state index contributed by atoms with van der Waals surface area (Å²) in [6, 6.07) is 9.94. The number of hydrogen-bond acceptors (Lipinski definition) is 2. The van der Waals surface area contributed by atoms with Crippen LogP contribution in [0, 0.1) is 0 Å². The van der Waals surface area contributed by atoms with Crippen LogP contribution in [0.25, 0.3) is 11.3 Å². The Kier molecular flexibility index (Phi) is 2.63. The average Bonchev–Trinajstić information content (AvgIpc) is 2.63. The molecule has 0 aliphatic carbocycles. The molecular weight excluding hydrogens is 188 g/mol. The maximum atomic E-state index is 10.4. The fraction of sp³-hybridized carbons (Fsp3) is 0.167. The van der Waals surface area contributed by atoms with Gasteiger partial charge in [-0.3, -0.25) is 0 Å². The third-order valence-electron chi connectivity index (χ3n) is 2.31. The van der Waals surface area contributed by atoms with E-state index in [-0.39, 0.29) is 0 Å². The second kappa shape index (κ2) is 4.09. The summed E-state index contributed by atoms with van der Waals surface area (Å²) in [5.74, 6) is 0.795. The smallest absolute Gasteiger partial charge is 0.127 e. The molecule has 0 aliphatic heterocycles. The van der Waals surface area contributed by atoms with Crippen LogP contribution < -0.4 is 0 Å². The molecule has 2 aromatic rings. The van der Waals surface area contributed by atoms with Gasteiger partial charge in [0.15, 0.2) is 0 Å². The Labute approximate surface area is 88.4 Å². The maximum absolute atomic E-state index is 10.4. The first-order chi connectivity index (χ1) is 7.31.